The third kappa shape index (κ3) is 5.26. The fraction of sp³-hybridized carbons (Fsp3) is 0.267. The molecule has 1 aromatic heterocycles. The van der Waals surface area contributed by atoms with Gasteiger partial charge < -0.3 is 9.47 Å². The smallest absolute Gasteiger partial charge is 0.259 e. The summed E-state index contributed by atoms with van der Waals surface area (Å²) in [5.74, 6) is 1.63. The van der Waals surface area contributed by atoms with Gasteiger partial charge in [-0.05, 0) is 60.9 Å². The molecule has 0 unspecified atom stereocenters. The van der Waals surface area contributed by atoms with Gasteiger partial charge in [0.2, 0.25) is 5.95 Å². The maximum Gasteiger partial charge on any atom is 0.259 e. The zero-order valence-corrected chi connectivity index (χ0v) is 21.9. The molecule has 1 aliphatic heterocycles. The molecule has 0 amide bonds. The summed E-state index contributed by atoms with van der Waals surface area (Å²) in [6.07, 6.45) is 1.26. The third-order valence-corrected chi connectivity index (χ3v) is 6.90. The average Bonchev–Trinajstić information content (AvgIpc) is 2.95. The highest BCUT2D eigenvalue weighted by Gasteiger charge is 2.28. The lowest BCUT2D eigenvalue weighted by Gasteiger charge is -2.38. The molecule has 0 fully saturated rings. The van der Waals surface area contributed by atoms with E-state index in [1.165, 1.54) is 12.1 Å². The van der Waals surface area contributed by atoms with Gasteiger partial charge in [0, 0.05) is 24.2 Å². The second-order valence-electron chi connectivity index (χ2n) is 9.39. The molecule has 2 heterocycles. The number of halogens is 1. The Bertz CT molecular complexity index is 1470. The lowest BCUT2D eigenvalue weighted by Crippen LogP contribution is -2.48. The first kappa shape index (κ1) is 25.5. The molecule has 0 atom stereocenters. The molecule has 0 spiro atoms. The van der Waals surface area contributed by atoms with E-state index in [1.54, 1.807) is 30.9 Å². The van der Waals surface area contributed by atoms with Crippen LogP contribution in [0.2, 0.25) is 0 Å². The largest absolute Gasteiger partial charge is 0.493 e. The normalized spacial score (nSPS) is 13.3. The lowest BCUT2D eigenvalue weighted by molar-refractivity contribution is 0.200. The minimum Gasteiger partial charge on any atom is -0.493 e. The number of benzene rings is 3. The Morgan fingerprint density at radius 3 is 2.34 bits per heavy atom. The van der Waals surface area contributed by atoms with Gasteiger partial charge in [-0.2, -0.15) is 0 Å². The molecule has 8 heteroatoms. The highest BCUT2D eigenvalue weighted by atomic mass is 19.1. The van der Waals surface area contributed by atoms with Gasteiger partial charge >= 0.3 is 0 Å². The molecule has 3 aromatic carbocycles. The number of rotatable bonds is 8. The molecule has 196 valence electrons. The molecule has 4 aromatic rings. The standard InChI is InChI=1S/C30H31FN4O3/c1-21-26(17-22-7-5-4-6-8-22)29(36)35-20-33(16-15-23-9-14-27(37-2)28(18-23)38-3)19-34(30(35)32-21)25-12-10-24(31)11-13-25/h4-14,18H,15-17,19-20H2,1-3H3. The molecular weight excluding hydrogens is 483 g/mol. The van der Waals surface area contributed by atoms with Crippen LogP contribution in [-0.4, -0.2) is 41.9 Å². The number of hydrogen-bond donors (Lipinski definition) is 0. The van der Waals surface area contributed by atoms with Crippen molar-refractivity contribution in [2.24, 2.45) is 0 Å². The number of nitrogens with zero attached hydrogens (tertiary/aromatic N) is 4. The predicted molar refractivity (Wildman–Crippen MR) is 146 cm³/mol. The summed E-state index contributed by atoms with van der Waals surface area (Å²) < 4.78 is 26.3. The van der Waals surface area contributed by atoms with Gasteiger partial charge in [-0.25, -0.2) is 9.37 Å². The van der Waals surface area contributed by atoms with Gasteiger partial charge in [0.25, 0.3) is 5.56 Å². The van der Waals surface area contributed by atoms with Crippen LogP contribution in [0.25, 0.3) is 0 Å². The van der Waals surface area contributed by atoms with Crippen LogP contribution in [0.1, 0.15) is 22.4 Å². The van der Waals surface area contributed by atoms with E-state index < -0.39 is 0 Å². The van der Waals surface area contributed by atoms with E-state index >= 15 is 0 Å². The number of aryl methyl sites for hydroxylation is 1. The quantitative estimate of drug-likeness (QED) is 0.333. The predicted octanol–water partition coefficient (Wildman–Crippen LogP) is 4.91. The van der Waals surface area contributed by atoms with Gasteiger partial charge in [-0.15, -0.1) is 0 Å². The van der Waals surface area contributed by atoms with E-state index in [2.05, 4.69) is 4.90 Å². The van der Waals surface area contributed by atoms with Crippen molar-refractivity contribution in [2.45, 2.75) is 26.4 Å². The molecule has 0 N–H and O–H groups in total. The number of ether oxygens (including phenoxy) is 2. The van der Waals surface area contributed by atoms with Crippen molar-refractivity contribution < 1.29 is 13.9 Å². The van der Waals surface area contributed by atoms with E-state index in [-0.39, 0.29) is 11.4 Å². The Morgan fingerprint density at radius 1 is 0.895 bits per heavy atom. The zero-order chi connectivity index (χ0) is 26.6. The Balaban J connectivity index is 1.48. The van der Waals surface area contributed by atoms with Crippen molar-refractivity contribution >= 4 is 11.6 Å². The van der Waals surface area contributed by atoms with E-state index in [1.807, 2.05) is 60.4 Å². The Kier molecular flexibility index (Phi) is 7.42. The maximum atomic E-state index is 13.8. The van der Waals surface area contributed by atoms with E-state index in [9.17, 15) is 9.18 Å². The zero-order valence-electron chi connectivity index (χ0n) is 21.9. The summed E-state index contributed by atoms with van der Waals surface area (Å²) in [6.45, 7) is 3.50. The Morgan fingerprint density at radius 2 is 1.63 bits per heavy atom. The maximum absolute atomic E-state index is 13.8. The summed E-state index contributed by atoms with van der Waals surface area (Å²) in [4.78, 5) is 22.9. The molecule has 7 nitrogen and oxygen atoms in total. The molecule has 0 saturated heterocycles. The monoisotopic (exact) mass is 514 g/mol. The molecule has 38 heavy (non-hydrogen) atoms. The highest BCUT2D eigenvalue weighted by molar-refractivity contribution is 5.58. The van der Waals surface area contributed by atoms with Crippen LogP contribution in [0.4, 0.5) is 16.0 Å². The summed E-state index contributed by atoms with van der Waals surface area (Å²) in [7, 11) is 3.24. The van der Waals surface area contributed by atoms with Crippen LogP contribution in [0.15, 0.2) is 77.6 Å². The van der Waals surface area contributed by atoms with E-state index in [4.69, 9.17) is 14.5 Å². The van der Waals surface area contributed by atoms with Crippen molar-refractivity contribution in [1.29, 1.82) is 0 Å². The van der Waals surface area contributed by atoms with Crippen LogP contribution >= 0.6 is 0 Å². The van der Waals surface area contributed by atoms with Crippen LogP contribution in [0, 0.1) is 12.7 Å². The van der Waals surface area contributed by atoms with Crippen LogP contribution in [0.5, 0.6) is 11.5 Å². The fourth-order valence-electron chi connectivity index (χ4n) is 4.81. The SMILES string of the molecule is COc1ccc(CCN2CN(c3ccc(F)cc3)c3nc(C)c(Cc4ccccc4)c(=O)n3C2)cc1OC. The fourth-order valence-corrected chi connectivity index (χ4v) is 4.81. The minimum absolute atomic E-state index is 0.0562. The van der Waals surface area contributed by atoms with Gasteiger partial charge in [0.15, 0.2) is 11.5 Å². The van der Waals surface area contributed by atoms with Gasteiger partial charge in [-0.3, -0.25) is 19.2 Å². The van der Waals surface area contributed by atoms with Gasteiger partial charge in [-0.1, -0.05) is 36.4 Å². The van der Waals surface area contributed by atoms with Crippen molar-refractivity contribution in [3.63, 3.8) is 0 Å². The highest BCUT2D eigenvalue weighted by Crippen LogP contribution is 2.30. The van der Waals surface area contributed by atoms with Gasteiger partial charge in [0.1, 0.15) is 5.82 Å². The Hall–Kier alpha value is -4.17. The summed E-state index contributed by atoms with van der Waals surface area (Å²) >= 11 is 0. The first-order chi connectivity index (χ1) is 18.5. The van der Waals surface area contributed by atoms with Gasteiger partial charge in [0.05, 0.1) is 33.3 Å². The summed E-state index contributed by atoms with van der Waals surface area (Å²) in [6, 6.07) is 22.1. The van der Waals surface area contributed by atoms with E-state index in [0.29, 0.717) is 55.0 Å². The molecule has 0 bridgehead atoms. The number of aromatic nitrogens is 2. The average molecular weight is 515 g/mol. The second-order valence-corrected chi connectivity index (χ2v) is 9.39. The molecular formula is C30H31FN4O3. The van der Waals surface area contributed by atoms with E-state index in [0.717, 1.165) is 23.2 Å². The summed E-state index contributed by atoms with van der Waals surface area (Å²) in [5.41, 5.74) is 4.27. The van der Waals surface area contributed by atoms with Crippen LogP contribution < -0.4 is 19.9 Å². The topological polar surface area (TPSA) is 59.8 Å². The Labute approximate surface area is 221 Å². The van der Waals surface area contributed by atoms with Crippen molar-refractivity contribution in [3.05, 3.63) is 111 Å². The second kappa shape index (κ2) is 11.1. The number of anilines is 2. The lowest BCUT2D eigenvalue weighted by atomic mass is 10.1. The molecule has 1 aliphatic rings. The van der Waals surface area contributed by atoms with Crippen molar-refractivity contribution in [3.8, 4) is 11.5 Å². The van der Waals surface area contributed by atoms with Crippen molar-refractivity contribution in [2.75, 3.05) is 32.3 Å². The van der Waals surface area contributed by atoms with Crippen molar-refractivity contribution in [1.82, 2.24) is 14.5 Å². The number of hydrogen-bond acceptors (Lipinski definition) is 6. The first-order valence-corrected chi connectivity index (χ1v) is 12.6. The minimum atomic E-state index is -0.309. The molecule has 0 aliphatic carbocycles. The van der Waals surface area contributed by atoms with Crippen LogP contribution in [0.3, 0.4) is 0 Å². The summed E-state index contributed by atoms with van der Waals surface area (Å²) in [5, 5.41) is 0. The molecule has 0 radical (unpaired) electrons. The number of fused-ring (bicyclic) bond motifs is 1. The third-order valence-electron chi connectivity index (χ3n) is 6.90. The first-order valence-electron chi connectivity index (χ1n) is 12.6. The van der Waals surface area contributed by atoms with Crippen LogP contribution in [-0.2, 0) is 19.5 Å². The molecule has 0 saturated carbocycles. The number of methoxy groups -OCH3 is 2. The molecule has 5 rings (SSSR count).